The number of hydrogen-bond acceptors (Lipinski definition) is 28. The summed E-state index contributed by atoms with van der Waals surface area (Å²) < 4.78 is 32.6. The van der Waals surface area contributed by atoms with Gasteiger partial charge in [-0.15, -0.1) is 0 Å². The Balaban J connectivity index is 0.000000349. The number of nitrogens with zero attached hydrogens (tertiary/aromatic N) is 17. The number of carbonyl (C=O) groups is 7. The molecule has 4 aromatic rings. The molecule has 0 spiro atoms. The Kier molecular flexibility index (Phi) is 31.2. The molecule has 4 aromatic heterocycles. The minimum absolute atomic E-state index is 0. The molecule has 0 bridgehead atoms. The van der Waals surface area contributed by atoms with Crippen molar-refractivity contribution in [3.05, 3.63) is 71.8 Å². The molecule has 0 aromatic carbocycles. The minimum Gasteiger partial charge on any atom is -0.870 e. The molecule has 3 N–H and O–H groups in total. The van der Waals surface area contributed by atoms with Gasteiger partial charge in [-0.1, -0.05) is 0 Å². The smallest absolute Gasteiger partial charge is 0.870 e. The summed E-state index contributed by atoms with van der Waals surface area (Å²) in [6, 6.07) is 0. The van der Waals surface area contributed by atoms with Crippen LogP contribution in [0.25, 0.3) is 0 Å². The van der Waals surface area contributed by atoms with Gasteiger partial charge >= 0.3 is 49.1 Å². The van der Waals surface area contributed by atoms with Crippen molar-refractivity contribution in [3.8, 4) is 0 Å². The molecule has 34 heteroatoms. The Morgan fingerprint density at radius 1 is 0.474 bits per heavy atom. The van der Waals surface area contributed by atoms with E-state index in [1.165, 1.54) is 24.8 Å². The molecule has 0 aliphatic carbocycles. The van der Waals surface area contributed by atoms with Gasteiger partial charge in [-0.3, -0.25) is 19.4 Å². The number of carboxylic acid groups (broad SMARTS) is 1. The predicted octanol–water partition coefficient (Wildman–Crippen LogP) is 0.687. The van der Waals surface area contributed by atoms with Gasteiger partial charge in [0.1, 0.15) is 16.8 Å². The van der Waals surface area contributed by atoms with Gasteiger partial charge in [0.2, 0.25) is 35.6 Å². The number of carboxylic acids is 1. The van der Waals surface area contributed by atoms with Crippen LogP contribution in [0.4, 0.5) is 38.2 Å². The third-order valence-corrected chi connectivity index (χ3v) is 15.0. The number of hydrogen-bond donors (Lipinski definition) is 2. The molecule has 5 amide bonds. The molecule has 0 unspecified atom stereocenters. The van der Waals surface area contributed by atoms with Gasteiger partial charge in [-0.05, 0) is 69.2 Å². The number of alkyl carbamates (subject to hydrolysis) is 1. The van der Waals surface area contributed by atoms with Gasteiger partial charge in [0, 0.05) is 185 Å². The maximum absolute atomic E-state index is 12.9. The molecule has 0 atom stereocenters. The summed E-state index contributed by atoms with van der Waals surface area (Å²) in [5.41, 5.74) is -0.440. The standard InChI is InChI=1S/C35H53N9O8.C28H41N9O6.Li.H2O/c1-8-50-29(46)27-23-38-31(39-24-27)42-12-10-40(11-13-42)18-20-49-19-9-28(45)41-14-16-43(17-15-41)30-36-21-26(22-37-30)25-44(32(47)51-34(2,3)4)33(48)52-35(5,6)7;1-28(2,3)43-27(41)33-18-21-16-29-25(30-17-21)37-11-9-35(10-12-37)23(38)4-14-42-15-13-34-5-7-36(8-6-34)26-31-19-22(20-32-26)24(39)40;;/h21-24H,8-20,25H2,1-7H3;16-17,19-20H,4-15,18H2,1-3H3,(H,33,41)(H,39,40);;1H2/q;;+1;/p-1. The second-order valence-corrected chi connectivity index (χ2v) is 25.9. The van der Waals surface area contributed by atoms with Gasteiger partial charge in [0.05, 0.1) is 63.5 Å². The van der Waals surface area contributed by atoms with Crippen LogP contribution in [0.15, 0.2) is 49.6 Å². The third kappa shape index (κ3) is 27.0. The van der Waals surface area contributed by atoms with Crippen LogP contribution in [0.5, 0.6) is 0 Å². The van der Waals surface area contributed by atoms with E-state index in [1.807, 2.05) is 45.3 Å². The molecule has 0 saturated carbocycles. The zero-order chi connectivity index (χ0) is 68.7. The number of aromatic carboxylic acids is 1. The van der Waals surface area contributed by atoms with Crippen molar-refractivity contribution in [2.45, 2.75) is 112 Å². The number of amides is 5. The summed E-state index contributed by atoms with van der Waals surface area (Å²) in [4.78, 5) is 138. The van der Waals surface area contributed by atoms with Crippen molar-refractivity contribution in [3.63, 3.8) is 0 Å². The Morgan fingerprint density at radius 2 is 0.814 bits per heavy atom. The number of piperazine rings is 4. The van der Waals surface area contributed by atoms with Gasteiger partial charge < -0.3 is 73.7 Å². The average Bonchev–Trinajstić information content (AvgIpc) is 0.893. The molecule has 33 nitrogen and oxygen atoms in total. The van der Waals surface area contributed by atoms with Crippen LogP contribution in [0.1, 0.15) is 114 Å². The molecule has 0 radical (unpaired) electrons. The zero-order valence-corrected chi connectivity index (χ0v) is 58.0. The molecule has 97 heavy (non-hydrogen) atoms. The van der Waals surface area contributed by atoms with Crippen molar-refractivity contribution >= 4 is 65.8 Å². The summed E-state index contributed by atoms with van der Waals surface area (Å²) in [5, 5.41) is 11.7. The number of aromatic nitrogens is 8. The Labute approximate surface area is 578 Å². The van der Waals surface area contributed by atoms with Gasteiger partial charge in [-0.2, -0.15) is 0 Å². The molecule has 8 rings (SSSR count). The first kappa shape index (κ1) is 79.5. The first-order valence-corrected chi connectivity index (χ1v) is 32.2. The van der Waals surface area contributed by atoms with E-state index in [0.29, 0.717) is 133 Å². The first-order chi connectivity index (χ1) is 45.2. The van der Waals surface area contributed by atoms with E-state index in [1.54, 1.807) is 73.3 Å². The SMILES string of the molecule is CC(C)(C)OC(=O)NCc1cnc(N2CCN(C(=O)CCOCCN3CCN(c4ncc(C(=O)O)cn4)CC3)CC2)nc1.CCOC(=O)c1cnc(N2CCN(CCOCCC(=O)N3CCN(c4ncc(CN(C(=O)OC(C)(C)C)C(=O)OC(C)(C)C)cn4)CC3)CC2)nc1.[Li+].[OH-]. The fourth-order valence-electron chi connectivity index (χ4n) is 9.98. The number of imide groups is 1. The van der Waals surface area contributed by atoms with Crippen LogP contribution in [-0.4, -0.2) is 285 Å². The van der Waals surface area contributed by atoms with Crippen molar-refractivity contribution in [1.82, 2.24) is 69.7 Å². The fourth-order valence-corrected chi connectivity index (χ4v) is 9.98. The van der Waals surface area contributed by atoms with Crippen LogP contribution < -0.4 is 43.8 Å². The number of rotatable bonds is 23. The van der Waals surface area contributed by atoms with Crippen LogP contribution in [0.3, 0.4) is 0 Å². The number of nitrogens with one attached hydrogen (secondary N) is 1. The van der Waals surface area contributed by atoms with Crippen molar-refractivity contribution in [2.75, 3.05) is 170 Å². The maximum Gasteiger partial charge on any atom is 1.00 e. The molecular formula is C63H95LiN18O15. The van der Waals surface area contributed by atoms with Crippen LogP contribution in [0, 0.1) is 0 Å². The molecular weight excluding hydrogens is 1260 g/mol. The van der Waals surface area contributed by atoms with Crippen LogP contribution in [-0.2, 0) is 51.1 Å². The van der Waals surface area contributed by atoms with E-state index >= 15 is 0 Å². The summed E-state index contributed by atoms with van der Waals surface area (Å²) in [6.07, 6.45) is 10.7. The van der Waals surface area contributed by atoms with E-state index in [4.69, 9.17) is 33.5 Å². The van der Waals surface area contributed by atoms with E-state index in [0.717, 1.165) is 75.9 Å². The van der Waals surface area contributed by atoms with Crippen LogP contribution in [0.2, 0.25) is 0 Å². The van der Waals surface area contributed by atoms with Crippen molar-refractivity contribution < 1.29 is 91.4 Å². The summed E-state index contributed by atoms with van der Waals surface area (Å²) in [5.74, 6) is 0.881. The second kappa shape index (κ2) is 38.1. The summed E-state index contributed by atoms with van der Waals surface area (Å²) >= 11 is 0. The fraction of sp³-hybridized carbons (Fsp3) is 0.635. The quantitative estimate of drug-likeness (QED) is 0.0446. The number of carbonyl (C=O) groups excluding carboxylic acids is 6. The third-order valence-electron chi connectivity index (χ3n) is 15.0. The normalized spacial score (nSPS) is 15.6. The first-order valence-electron chi connectivity index (χ1n) is 32.2. The summed E-state index contributed by atoms with van der Waals surface area (Å²) in [7, 11) is 0. The Hall–Kier alpha value is -8.19. The maximum atomic E-state index is 12.9. The number of ether oxygens (including phenoxy) is 6. The molecule has 8 heterocycles. The van der Waals surface area contributed by atoms with E-state index < -0.39 is 47.0 Å². The van der Waals surface area contributed by atoms with Gasteiger partial charge in [0.25, 0.3) is 0 Å². The topological polar surface area (TPSA) is 369 Å². The Bertz CT molecular complexity index is 3080. The minimum atomic E-state index is -1.04. The molecule has 4 aliphatic rings. The van der Waals surface area contributed by atoms with E-state index in [-0.39, 0.29) is 54.8 Å². The van der Waals surface area contributed by atoms with Crippen LogP contribution >= 0.6 is 0 Å². The van der Waals surface area contributed by atoms with E-state index in [9.17, 15) is 33.6 Å². The number of anilines is 4. The van der Waals surface area contributed by atoms with E-state index in [2.05, 4.69) is 59.9 Å². The average molecular weight is 1350 g/mol. The monoisotopic (exact) mass is 1350 g/mol. The number of esters is 1. The van der Waals surface area contributed by atoms with Crippen molar-refractivity contribution in [2.24, 2.45) is 0 Å². The van der Waals surface area contributed by atoms with Crippen molar-refractivity contribution in [1.29, 1.82) is 0 Å². The molecule has 4 aliphatic heterocycles. The second-order valence-electron chi connectivity index (χ2n) is 25.9. The summed E-state index contributed by atoms with van der Waals surface area (Å²) in [6.45, 7) is 32.4. The molecule has 528 valence electrons. The predicted molar refractivity (Wildman–Crippen MR) is 350 cm³/mol. The van der Waals surface area contributed by atoms with Gasteiger partial charge in [-0.25, -0.2) is 68.7 Å². The largest absolute Gasteiger partial charge is 1.00 e. The molecule has 4 saturated heterocycles. The zero-order valence-electron chi connectivity index (χ0n) is 58.0. The molecule has 4 fully saturated rings. The van der Waals surface area contributed by atoms with Gasteiger partial charge in [0.15, 0.2) is 0 Å². The Morgan fingerprint density at radius 3 is 1.16 bits per heavy atom.